The molecule has 2 amide bonds. The minimum absolute atomic E-state index is 0.0430. The van der Waals surface area contributed by atoms with Gasteiger partial charge in [-0.25, -0.2) is 0 Å². The Bertz CT molecular complexity index is 880. The van der Waals surface area contributed by atoms with E-state index in [9.17, 15) is 27.2 Å². The van der Waals surface area contributed by atoms with Crippen molar-refractivity contribution in [2.75, 3.05) is 10.6 Å². The fourth-order valence-electron chi connectivity index (χ4n) is 2.75. The number of ether oxygens (including phenoxy) is 2. The van der Waals surface area contributed by atoms with Gasteiger partial charge in [-0.15, -0.1) is 0 Å². The number of halogens is 4. The normalized spacial score (nSPS) is 11.8. The molecule has 0 spiro atoms. The molecule has 168 valence electrons. The zero-order valence-electron chi connectivity index (χ0n) is 16.6. The van der Waals surface area contributed by atoms with Crippen LogP contribution in [0, 0.1) is 5.92 Å². The first-order valence-electron chi connectivity index (χ1n) is 9.42. The summed E-state index contributed by atoms with van der Waals surface area (Å²) in [5.74, 6) is -1.35. The first-order valence-corrected chi connectivity index (χ1v) is 9.42. The van der Waals surface area contributed by atoms with Crippen LogP contribution in [0.2, 0.25) is 0 Å². The van der Waals surface area contributed by atoms with Gasteiger partial charge < -0.3 is 20.1 Å². The molecule has 31 heavy (non-hydrogen) atoms. The average Bonchev–Trinajstić information content (AvgIpc) is 2.68. The predicted molar refractivity (Wildman–Crippen MR) is 106 cm³/mol. The van der Waals surface area contributed by atoms with Gasteiger partial charge in [-0.05, 0) is 36.6 Å². The predicted octanol–water partition coefficient (Wildman–Crippen LogP) is 5.27. The molecule has 2 aromatic carbocycles. The summed E-state index contributed by atoms with van der Waals surface area (Å²) < 4.78 is 58.5. The van der Waals surface area contributed by atoms with Gasteiger partial charge in [0.05, 0.1) is 11.4 Å². The second-order valence-corrected chi connectivity index (χ2v) is 6.69. The fourth-order valence-corrected chi connectivity index (χ4v) is 2.75. The number of amides is 2. The SMILES string of the molecule is CC(CCC(=O)Nc1ccccc1OC(F)F)CC(=O)Nc1ccccc1OC(F)F. The van der Waals surface area contributed by atoms with Gasteiger partial charge in [0.1, 0.15) is 11.5 Å². The van der Waals surface area contributed by atoms with Crippen LogP contribution in [0.4, 0.5) is 28.9 Å². The van der Waals surface area contributed by atoms with Crippen LogP contribution in [0.5, 0.6) is 11.5 Å². The molecule has 0 aliphatic rings. The summed E-state index contributed by atoms with van der Waals surface area (Å²) in [6.07, 6.45) is 0.427. The number of alkyl halides is 4. The highest BCUT2D eigenvalue weighted by Gasteiger charge is 2.16. The third kappa shape index (κ3) is 8.53. The summed E-state index contributed by atoms with van der Waals surface area (Å²) in [4.78, 5) is 24.3. The second-order valence-electron chi connectivity index (χ2n) is 6.69. The number of carbonyl (C=O) groups excluding carboxylic acids is 2. The molecule has 0 saturated heterocycles. The van der Waals surface area contributed by atoms with Crippen LogP contribution in [-0.4, -0.2) is 25.0 Å². The van der Waals surface area contributed by atoms with E-state index in [1.165, 1.54) is 36.4 Å². The number of para-hydroxylation sites is 4. The summed E-state index contributed by atoms with van der Waals surface area (Å²) in [7, 11) is 0. The van der Waals surface area contributed by atoms with Crippen LogP contribution < -0.4 is 20.1 Å². The van der Waals surface area contributed by atoms with Crippen molar-refractivity contribution in [3.63, 3.8) is 0 Å². The standard InChI is InChI=1S/C21H22F4N2O4/c1-13(12-19(29)27-15-7-3-5-9-17(15)31-21(24)25)10-11-18(28)26-14-6-2-4-8-16(14)30-20(22)23/h2-9,13,20-21H,10-12H2,1H3,(H,26,28)(H,27,29). The third-order valence-electron chi connectivity index (χ3n) is 4.15. The Hall–Kier alpha value is -3.30. The van der Waals surface area contributed by atoms with Gasteiger partial charge in [-0.2, -0.15) is 17.6 Å². The molecule has 6 nitrogen and oxygen atoms in total. The molecule has 0 fully saturated rings. The van der Waals surface area contributed by atoms with Crippen LogP contribution in [0.15, 0.2) is 48.5 Å². The van der Waals surface area contributed by atoms with E-state index in [-0.39, 0.29) is 41.6 Å². The fraction of sp³-hybridized carbons (Fsp3) is 0.333. The minimum atomic E-state index is -3.02. The largest absolute Gasteiger partial charge is 0.433 e. The minimum Gasteiger partial charge on any atom is -0.433 e. The van der Waals surface area contributed by atoms with Gasteiger partial charge in [-0.3, -0.25) is 9.59 Å². The smallest absolute Gasteiger partial charge is 0.387 e. The van der Waals surface area contributed by atoms with Gasteiger partial charge in [0, 0.05) is 12.8 Å². The zero-order valence-corrected chi connectivity index (χ0v) is 16.6. The maximum atomic E-state index is 12.4. The van der Waals surface area contributed by atoms with Crippen molar-refractivity contribution >= 4 is 23.2 Å². The van der Waals surface area contributed by atoms with Crippen molar-refractivity contribution in [2.24, 2.45) is 5.92 Å². The molecule has 1 unspecified atom stereocenters. The molecule has 0 aromatic heterocycles. The quantitative estimate of drug-likeness (QED) is 0.465. The lowest BCUT2D eigenvalue weighted by molar-refractivity contribution is -0.118. The van der Waals surface area contributed by atoms with Crippen LogP contribution in [0.1, 0.15) is 26.2 Å². The summed E-state index contributed by atoms with van der Waals surface area (Å²) in [6.45, 7) is -4.29. The van der Waals surface area contributed by atoms with Crippen LogP contribution >= 0.6 is 0 Å². The molecular weight excluding hydrogens is 420 g/mol. The van der Waals surface area contributed by atoms with Crippen LogP contribution in [0.25, 0.3) is 0 Å². The Morgan fingerprint density at radius 1 is 0.806 bits per heavy atom. The Balaban J connectivity index is 1.82. The van der Waals surface area contributed by atoms with Crippen molar-refractivity contribution in [3.8, 4) is 11.5 Å². The van der Waals surface area contributed by atoms with E-state index in [2.05, 4.69) is 20.1 Å². The summed E-state index contributed by atoms with van der Waals surface area (Å²) >= 11 is 0. The highest BCUT2D eigenvalue weighted by Crippen LogP contribution is 2.27. The number of anilines is 2. The Morgan fingerprint density at radius 3 is 1.74 bits per heavy atom. The van der Waals surface area contributed by atoms with E-state index in [0.29, 0.717) is 6.42 Å². The molecular formula is C21H22F4N2O4. The lowest BCUT2D eigenvalue weighted by atomic mass is 10.0. The molecule has 0 aliphatic heterocycles. The van der Waals surface area contributed by atoms with Gasteiger partial charge in [-0.1, -0.05) is 31.2 Å². The maximum Gasteiger partial charge on any atom is 0.387 e. The molecule has 0 saturated carbocycles. The van der Waals surface area contributed by atoms with Crippen LogP contribution in [-0.2, 0) is 9.59 Å². The van der Waals surface area contributed by atoms with E-state index in [0.717, 1.165) is 0 Å². The number of hydrogen-bond acceptors (Lipinski definition) is 4. The number of rotatable bonds is 11. The molecule has 2 N–H and O–H groups in total. The maximum absolute atomic E-state index is 12.4. The highest BCUT2D eigenvalue weighted by molar-refractivity contribution is 5.93. The van der Waals surface area contributed by atoms with Crippen molar-refractivity contribution in [1.29, 1.82) is 0 Å². The summed E-state index contributed by atoms with van der Waals surface area (Å²) in [6, 6.07) is 11.6. The third-order valence-corrected chi connectivity index (χ3v) is 4.15. The lowest BCUT2D eigenvalue weighted by Crippen LogP contribution is -2.18. The average molecular weight is 442 g/mol. The monoisotopic (exact) mass is 442 g/mol. The van der Waals surface area contributed by atoms with E-state index >= 15 is 0 Å². The molecule has 0 heterocycles. The van der Waals surface area contributed by atoms with Crippen LogP contribution in [0.3, 0.4) is 0 Å². The van der Waals surface area contributed by atoms with Crippen molar-refractivity contribution < 1.29 is 36.6 Å². The Labute approximate surface area is 176 Å². The number of benzene rings is 2. The summed E-state index contributed by atoms with van der Waals surface area (Å²) in [5, 5.41) is 5.02. The molecule has 10 heteroatoms. The molecule has 1 atom stereocenters. The topological polar surface area (TPSA) is 76.7 Å². The second kappa shape index (κ2) is 11.8. The first kappa shape index (κ1) is 24.0. The summed E-state index contributed by atoms with van der Waals surface area (Å²) in [5.41, 5.74) is 0.238. The first-order chi connectivity index (χ1) is 14.7. The number of nitrogens with one attached hydrogen (secondary N) is 2. The van der Waals surface area contributed by atoms with Crippen molar-refractivity contribution in [2.45, 2.75) is 39.4 Å². The molecule has 2 rings (SSSR count). The highest BCUT2D eigenvalue weighted by atomic mass is 19.3. The van der Waals surface area contributed by atoms with E-state index in [1.807, 2.05) is 0 Å². The molecule has 2 aromatic rings. The molecule has 0 bridgehead atoms. The number of hydrogen-bond donors (Lipinski definition) is 2. The Kier molecular flexibility index (Phi) is 9.11. The van der Waals surface area contributed by atoms with Gasteiger partial charge in [0.15, 0.2) is 0 Å². The van der Waals surface area contributed by atoms with E-state index in [1.54, 1.807) is 19.1 Å². The Morgan fingerprint density at radius 2 is 1.26 bits per heavy atom. The molecule has 0 radical (unpaired) electrons. The van der Waals surface area contributed by atoms with Gasteiger partial charge >= 0.3 is 13.2 Å². The lowest BCUT2D eigenvalue weighted by Gasteiger charge is -2.15. The van der Waals surface area contributed by atoms with E-state index < -0.39 is 25.0 Å². The number of carbonyl (C=O) groups is 2. The zero-order chi connectivity index (χ0) is 22.8. The van der Waals surface area contributed by atoms with Crippen molar-refractivity contribution in [1.82, 2.24) is 0 Å². The van der Waals surface area contributed by atoms with E-state index in [4.69, 9.17) is 0 Å². The van der Waals surface area contributed by atoms with Gasteiger partial charge in [0.25, 0.3) is 0 Å². The van der Waals surface area contributed by atoms with Crippen molar-refractivity contribution in [3.05, 3.63) is 48.5 Å². The molecule has 0 aliphatic carbocycles. The van der Waals surface area contributed by atoms with Gasteiger partial charge in [0.2, 0.25) is 11.8 Å².